The lowest BCUT2D eigenvalue weighted by Crippen LogP contribution is -2.38. The van der Waals surface area contributed by atoms with Crippen LogP contribution in [0.4, 0.5) is 0 Å². The molecule has 4 heterocycles. The average Bonchev–Trinajstić information content (AvgIpc) is 3.47. The summed E-state index contributed by atoms with van der Waals surface area (Å²) in [6, 6.07) is 12.3. The van der Waals surface area contributed by atoms with E-state index in [4.69, 9.17) is 0 Å². The number of benzene rings is 1. The molecule has 146 valence electrons. The molecule has 1 amide bonds. The van der Waals surface area contributed by atoms with Crippen molar-refractivity contribution >= 4 is 17.2 Å². The van der Waals surface area contributed by atoms with Crippen LogP contribution in [-0.2, 0) is 13.6 Å². The highest BCUT2D eigenvalue weighted by molar-refractivity contribution is 7.16. The molecule has 3 aromatic heterocycles. The van der Waals surface area contributed by atoms with Crippen LogP contribution in [0.2, 0.25) is 0 Å². The summed E-state index contributed by atoms with van der Waals surface area (Å²) in [6.45, 7) is 3.16. The molecule has 29 heavy (non-hydrogen) atoms. The first kappa shape index (κ1) is 17.9. The number of carbonyl (C=O) groups is 1. The highest BCUT2D eigenvalue weighted by Gasteiger charge is 2.31. The van der Waals surface area contributed by atoms with E-state index in [-0.39, 0.29) is 11.8 Å². The van der Waals surface area contributed by atoms with Crippen molar-refractivity contribution in [1.29, 1.82) is 0 Å². The van der Waals surface area contributed by atoms with Gasteiger partial charge < -0.3 is 9.47 Å². The second-order valence-electron chi connectivity index (χ2n) is 7.39. The Bertz CT molecular complexity index is 1170. The zero-order chi connectivity index (χ0) is 20.0. The zero-order valence-corrected chi connectivity index (χ0v) is 17.1. The lowest BCUT2D eigenvalue weighted by molar-refractivity contribution is 0.0729. The fraction of sp³-hybridized carbons (Fsp3) is 0.227. The molecular weight excluding hydrogens is 382 g/mol. The zero-order valence-electron chi connectivity index (χ0n) is 16.3. The Morgan fingerprint density at radius 3 is 2.72 bits per heavy atom. The number of nitrogens with zero attached hydrogens (tertiary/aromatic N) is 5. The molecule has 0 saturated carbocycles. The summed E-state index contributed by atoms with van der Waals surface area (Å²) in [6.07, 6.45) is 7.83. The van der Waals surface area contributed by atoms with Crippen LogP contribution in [0.15, 0.2) is 61.2 Å². The van der Waals surface area contributed by atoms with Gasteiger partial charge in [-0.25, -0.2) is 4.98 Å². The third-order valence-electron chi connectivity index (χ3n) is 5.41. The van der Waals surface area contributed by atoms with Gasteiger partial charge in [0.05, 0.1) is 11.9 Å². The van der Waals surface area contributed by atoms with E-state index in [0.717, 1.165) is 16.4 Å². The van der Waals surface area contributed by atoms with Gasteiger partial charge in [-0.1, -0.05) is 35.6 Å². The molecule has 1 aromatic carbocycles. The predicted octanol–water partition coefficient (Wildman–Crippen LogP) is 3.76. The maximum atomic E-state index is 13.5. The number of aryl methyl sites for hydroxylation is 2. The number of rotatable bonds is 3. The molecule has 0 aliphatic carbocycles. The lowest BCUT2D eigenvalue weighted by atomic mass is 9.86. The molecule has 6 nitrogen and oxygen atoms in total. The Morgan fingerprint density at radius 2 is 1.97 bits per heavy atom. The second kappa shape index (κ2) is 7.00. The van der Waals surface area contributed by atoms with E-state index in [1.807, 2.05) is 71.1 Å². The van der Waals surface area contributed by atoms with Gasteiger partial charge in [-0.3, -0.25) is 9.48 Å². The Hall–Kier alpha value is -3.19. The van der Waals surface area contributed by atoms with Crippen molar-refractivity contribution in [1.82, 2.24) is 24.2 Å². The molecule has 1 aliphatic rings. The minimum atomic E-state index is 0.0433. The van der Waals surface area contributed by atoms with Crippen LogP contribution >= 0.6 is 11.3 Å². The van der Waals surface area contributed by atoms with Gasteiger partial charge in [0.2, 0.25) is 0 Å². The van der Waals surface area contributed by atoms with Crippen molar-refractivity contribution < 1.29 is 4.79 Å². The Labute approximate surface area is 173 Å². The summed E-state index contributed by atoms with van der Waals surface area (Å²) in [7, 11) is 1.92. The van der Waals surface area contributed by atoms with Gasteiger partial charge in [-0.2, -0.15) is 5.10 Å². The first-order valence-corrected chi connectivity index (χ1v) is 10.4. The van der Waals surface area contributed by atoms with Gasteiger partial charge in [0, 0.05) is 44.6 Å². The van der Waals surface area contributed by atoms with Gasteiger partial charge in [0.25, 0.3) is 5.91 Å². The summed E-state index contributed by atoms with van der Waals surface area (Å²) in [5.74, 6) is 0.163. The Morgan fingerprint density at radius 1 is 1.17 bits per heavy atom. The molecule has 0 spiro atoms. The summed E-state index contributed by atoms with van der Waals surface area (Å²) < 4.78 is 3.76. The summed E-state index contributed by atoms with van der Waals surface area (Å²) >= 11 is 1.45. The van der Waals surface area contributed by atoms with Crippen molar-refractivity contribution in [3.8, 4) is 5.13 Å². The van der Waals surface area contributed by atoms with Gasteiger partial charge in [0.1, 0.15) is 4.88 Å². The van der Waals surface area contributed by atoms with Gasteiger partial charge >= 0.3 is 0 Å². The third-order valence-corrected chi connectivity index (χ3v) is 6.57. The molecule has 1 unspecified atom stereocenters. The largest absolute Gasteiger partial charge is 0.333 e. The maximum absolute atomic E-state index is 13.5. The smallest absolute Gasteiger partial charge is 0.266 e. The van der Waals surface area contributed by atoms with Crippen LogP contribution in [0.3, 0.4) is 0 Å². The van der Waals surface area contributed by atoms with Crippen LogP contribution in [0.5, 0.6) is 0 Å². The van der Waals surface area contributed by atoms with Gasteiger partial charge in [-0.05, 0) is 35.7 Å². The summed E-state index contributed by atoms with van der Waals surface area (Å²) in [5.41, 5.74) is 4.37. The highest BCUT2D eigenvalue weighted by Crippen LogP contribution is 2.35. The number of hydrogen-bond acceptors (Lipinski definition) is 4. The van der Waals surface area contributed by atoms with Gasteiger partial charge in [-0.15, -0.1) is 0 Å². The van der Waals surface area contributed by atoms with Crippen LogP contribution in [0.1, 0.15) is 38.0 Å². The number of fused-ring (bicyclic) bond motifs is 1. The van der Waals surface area contributed by atoms with Gasteiger partial charge in [0.15, 0.2) is 5.13 Å². The quantitative estimate of drug-likeness (QED) is 0.523. The third kappa shape index (κ3) is 3.17. The fourth-order valence-corrected chi connectivity index (χ4v) is 4.97. The van der Waals surface area contributed by atoms with Crippen molar-refractivity contribution in [3.63, 3.8) is 0 Å². The minimum Gasteiger partial charge on any atom is -0.333 e. The number of carbonyl (C=O) groups excluding carboxylic acids is 1. The van der Waals surface area contributed by atoms with E-state index in [2.05, 4.69) is 28.3 Å². The number of hydrogen-bond donors (Lipinski definition) is 0. The first-order valence-electron chi connectivity index (χ1n) is 9.56. The molecule has 0 radical (unpaired) electrons. The van der Waals surface area contributed by atoms with Crippen LogP contribution < -0.4 is 0 Å². The fourth-order valence-electron chi connectivity index (χ4n) is 3.96. The monoisotopic (exact) mass is 403 g/mol. The van der Waals surface area contributed by atoms with Crippen molar-refractivity contribution in [2.24, 2.45) is 7.05 Å². The molecule has 0 N–H and O–H groups in total. The standard InChI is InChI=1S/C22H21N5OS/c1-15-20(29-22(24-15)26-9-5-6-10-26)21(28)27-13-16-7-3-4-8-18(16)19(14-27)17-11-23-25(2)12-17/h3-12,19H,13-14H2,1-2H3. The topological polar surface area (TPSA) is 56.0 Å². The number of amides is 1. The van der Waals surface area contributed by atoms with Crippen LogP contribution in [-0.4, -0.2) is 36.7 Å². The Kier molecular flexibility index (Phi) is 4.32. The van der Waals surface area contributed by atoms with Crippen molar-refractivity contribution in [3.05, 3.63) is 88.4 Å². The molecule has 4 aromatic rings. The lowest BCUT2D eigenvalue weighted by Gasteiger charge is -2.34. The normalized spacial score (nSPS) is 16.1. The Balaban J connectivity index is 1.50. The molecule has 7 heteroatoms. The molecular formula is C22H21N5OS. The van der Waals surface area contributed by atoms with Crippen molar-refractivity contribution in [2.75, 3.05) is 6.54 Å². The number of aromatic nitrogens is 4. The minimum absolute atomic E-state index is 0.0433. The van der Waals surface area contributed by atoms with E-state index < -0.39 is 0 Å². The number of thiazole rings is 1. The maximum Gasteiger partial charge on any atom is 0.266 e. The molecule has 0 bridgehead atoms. The van der Waals surface area contributed by atoms with Crippen LogP contribution in [0.25, 0.3) is 5.13 Å². The molecule has 1 atom stereocenters. The molecule has 0 saturated heterocycles. The SMILES string of the molecule is Cc1nc(-n2cccc2)sc1C(=O)N1Cc2ccccc2C(c2cnn(C)c2)C1. The van der Waals surface area contributed by atoms with E-state index in [1.165, 1.54) is 22.5 Å². The molecule has 0 fully saturated rings. The molecule has 1 aliphatic heterocycles. The first-order chi connectivity index (χ1) is 14.1. The second-order valence-corrected chi connectivity index (χ2v) is 8.36. The average molecular weight is 404 g/mol. The van der Waals surface area contributed by atoms with Crippen LogP contribution in [0, 0.1) is 6.92 Å². The van der Waals surface area contributed by atoms with E-state index in [9.17, 15) is 4.79 Å². The van der Waals surface area contributed by atoms with E-state index >= 15 is 0 Å². The van der Waals surface area contributed by atoms with E-state index in [1.54, 1.807) is 0 Å². The molecule has 5 rings (SSSR count). The van der Waals surface area contributed by atoms with E-state index in [0.29, 0.717) is 18.0 Å². The predicted molar refractivity (Wildman–Crippen MR) is 112 cm³/mol. The summed E-state index contributed by atoms with van der Waals surface area (Å²) in [5, 5.41) is 5.16. The summed E-state index contributed by atoms with van der Waals surface area (Å²) in [4.78, 5) is 20.7. The highest BCUT2D eigenvalue weighted by atomic mass is 32.1. The van der Waals surface area contributed by atoms with Crippen molar-refractivity contribution in [2.45, 2.75) is 19.4 Å².